The van der Waals surface area contributed by atoms with Crippen LogP contribution in [-0.2, 0) is 13.6 Å². The Hall–Kier alpha value is -2.01. The summed E-state index contributed by atoms with van der Waals surface area (Å²) >= 11 is 0. The predicted octanol–water partition coefficient (Wildman–Crippen LogP) is 2.04. The molecule has 0 aliphatic heterocycles. The Bertz CT molecular complexity index is 577. The lowest BCUT2D eigenvalue weighted by Crippen LogP contribution is -2.20. The Balaban J connectivity index is 2.02. The molecule has 0 spiro atoms. The zero-order valence-corrected chi connectivity index (χ0v) is 12.5. The number of aromatic nitrogens is 2. The molecular formula is C15H22N4O. The first kappa shape index (κ1) is 14.4. The first-order valence-electron chi connectivity index (χ1n) is 6.69. The van der Waals surface area contributed by atoms with Crippen LogP contribution in [0, 0.1) is 0 Å². The number of nitrogens with zero attached hydrogens (tertiary/aromatic N) is 3. The van der Waals surface area contributed by atoms with Crippen molar-refractivity contribution in [2.75, 3.05) is 19.0 Å². The number of aromatic hydroxyl groups is 1. The Labute approximate surface area is 119 Å². The van der Waals surface area contributed by atoms with Crippen LogP contribution in [0.25, 0.3) is 0 Å². The predicted molar refractivity (Wildman–Crippen MR) is 80.9 cm³/mol. The maximum absolute atomic E-state index is 9.51. The molecule has 0 radical (unpaired) electrons. The number of phenols is 1. The Morgan fingerprint density at radius 3 is 2.75 bits per heavy atom. The molecule has 2 rings (SSSR count). The lowest BCUT2D eigenvalue weighted by molar-refractivity contribution is 0.472. The highest BCUT2D eigenvalue weighted by Gasteiger charge is 2.10. The Kier molecular flexibility index (Phi) is 4.29. The van der Waals surface area contributed by atoms with Gasteiger partial charge in [-0.2, -0.15) is 0 Å². The van der Waals surface area contributed by atoms with Crippen molar-refractivity contribution in [3.63, 3.8) is 0 Å². The lowest BCUT2D eigenvalue weighted by Gasteiger charge is -2.16. The summed E-state index contributed by atoms with van der Waals surface area (Å²) in [7, 11) is 5.97. The minimum Gasteiger partial charge on any atom is -0.508 e. The van der Waals surface area contributed by atoms with Gasteiger partial charge in [0.25, 0.3) is 0 Å². The number of imidazole rings is 1. The third-order valence-corrected chi connectivity index (χ3v) is 3.42. The molecule has 0 fully saturated rings. The van der Waals surface area contributed by atoms with Gasteiger partial charge in [-0.25, -0.2) is 4.98 Å². The summed E-state index contributed by atoms with van der Waals surface area (Å²) < 4.78 is 2.07. The highest BCUT2D eigenvalue weighted by atomic mass is 16.3. The van der Waals surface area contributed by atoms with Crippen LogP contribution in [0.4, 0.5) is 5.95 Å². The van der Waals surface area contributed by atoms with Gasteiger partial charge in [-0.05, 0) is 24.6 Å². The van der Waals surface area contributed by atoms with Crippen molar-refractivity contribution >= 4 is 5.95 Å². The fraction of sp³-hybridized carbons (Fsp3) is 0.400. The molecule has 0 saturated heterocycles. The SMILES string of the molecule is CC(NCc1cnc(N(C)C)n1C)c1cccc(O)c1. The molecule has 0 aliphatic carbocycles. The molecule has 0 saturated carbocycles. The summed E-state index contributed by atoms with van der Waals surface area (Å²) in [5.41, 5.74) is 2.20. The van der Waals surface area contributed by atoms with Crippen molar-refractivity contribution in [1.82, 2.24) is 14.9 Å². The minimum absolute atomic E-state index is 0.166. The summed E-state index contributed by atoms with van der Waals surface area (Å²) in [6.45, 7) is 2.81. The normalized spacial score (nSPS) is 12.4. The van der Waals surface area contributed by atoms with Crippen molar-refractivity contribution in [2.24, 2.45) is 7.05 Å². The molecular weight excluding hydrogens is 252 g/mol. The van der Waals surface area contributed by atoms with Crippen LogP contribution in [0.1, 0.15) is 24.2 Å². The number of benzene rings is 1. The molecule has 0 bridgehead atoms. The second-order valence-corrected chi connectivity index (χ2v) is 5.20. The van der Waals surface area contributed by atoms with Crippen LogP contribution < -0.4 is 10.2 Å². The molecule has 1 atom stereocenters. The zero-order valence-electron chi connectivity index (χ0n) is 12.5. The smallest absolute Gasteiger partial charge is 0.204 e. The maximum Gasteiger partial charge on any atom is 0.204 e. The Morgan fingerprint density at radius 1 is 1.40 bits per heavy atom. The van der Waals surface area contributed by atoms with Crippen LogP contribution in [0.5, 0.6) is 5.75 Å². The summed E-state index contributed by atoms with van der Waals surface area (Å²) in [5.74, 6) is 1.23. The quantitative estimate of drug-likeness (QED) is 0.876. The van der Waals surface area contributed by atoms with Gasteiger partial charge in [-0.3, -0.25) is 0 Å². The molecule has 5 nitrogen and oxygen atoms in total. The molecule has 1 aromatic heterocycles. The molecule has 1 unspecified atom stereocenters. The van der Waals surface area contributed by atoms with Crippen LogP contribution >= 0.6 is 0 Å². The van der Waals surface area contributed by atoms with Gasteiger partial charge < -0.3 is 19.9 Å². The largest absolute Gasteiger partial charge is 0.508 e. The van der Waals surface area contributed by atoms with Crippen molar-refractivity contribution < 1.29 is 5.11 Å². The number of rotatable bonds is 5. The van der Waals surface area contributed by atoms with E-state index in [9.17, 15) is 5.11 Å². The van der Waals surface area contributed by atoms with E-state index in [4.69, 9.17) is 0 Å². The van der Waals surface area contributed by atoms with E-state index in [0.717, 1.165) is 23.8 Å². The van der Waals surface area contributed by atoms with Crippen LogP contribution in [-0.4, -0.2) is 28.8 Å². The van der Waals surface area contributed by atoms with Gasteiger partial charge in [0.1, 0.15) is 5.75 Å². The van der Waals surface area contributed by atoms with Gasteiger partial charge in [0, 0.05) is 33.7 Å². The molecule has 5 heteroatoms. The average Bonchev–Trinajstić information content (AvgIpc) is 2.77. The average molecular weight is 274 g/mol. The first-order chi connectivity index (χ1) is 9.49. The van der Waals surface area contributed by atoms with Gasteiger partial charge in [-0.1, -0.05) is 12.1 Å². The molecule has 0 amide bonds. The van der Waals surface area contributed by atoms with E-state index < -0.39 is 0 Å². The molecule has 1 aromatic carbocycles. The van der Waals surface area contributed by atoms with Gasteiger partial charge in [0.05, 0.1) is 11.9 Å². The summed E-state index contributed by atoms with van der Waals surface area (Å²) in [6, 6.07) is 7.50. The molecule has 0 aliphatic rings. The number of phenolic OH excluding ortho intramolecular Hbond substituents is 1. The maximum atomic E-state index is 9.51. The van der Waals surface area contributed by atoms with Crippen molar-refractivity contribution in [1.29, 1.82) is 0 Å². The van der Waals surface area contributed by atoms with E-state index in [1.807, 2.05) is 44.4 Å². The molecule has 1 heterocycles. The topological polar surface area (TPSA) is 53.3 Å². The van der Waals surface area contributed by atoms with Crippen LogP contribution in [0.3, 0.4) is 0 Å². The third kappa shape index (κ3) is 3.11. The number of anilines is 1. The van der Waals surface area contributed by atoms with E-state index >= 15 is 0 Å². The van der Waals surface area contributed by atoms with Crippen molar-refractivity contribution in [3.8, 4) is 5.75 Å². The number of hydrogen-bond donors (Lipinski definition) is 2. The Morgan fingerprint density at radius 2 is 2.15 bits per heavy atom. The van der Waals surface area contributed by atoms with E-state index in [1.165, 1.54) is 0 Å². The van der Waals surface area contributed by atoms with E-state index in [-0.39, 0.29) is 6.04 Å². The highest BCUT2D eigenvalue weighted by molar-refractivity contribution is 5.31. The standard InChI is InChI=1S/C15H22N4O/c1-11(12-6-5-7-14(20)8-12)16-9-13-10-17-15(18(2)3)19(13)4/h5-8,10-11,16,20H,9H2,1-4H3. The van der Waals surface area contributed by atoms with Gasteiger partial charge in [0.15, 0.2) is 0 Å². The fourth-order valence-corrected chi connectivity index (χ4v) is 2.18. The molecule has 108 valence electrons. The summed E-state index contributed by atoms with van der Waals surface area (Å²) in [5, 5.41) is 13.0. The summed E-state index contributed by atoms with van der Waals surface area (Å²) in [6.07, 6.45) is 1.89. The highest BCUT2D eigenvalue weighted by Crippen LogP contribution is 2.18. The molecule has 2 aromatic rings. The number of hydrogen-bond acceptors (Lipinski definition) is 4. The fourth-order valence-electron chi connectivity index (χ4n) is 2.18. The molecule has 2 N–H and O–H groups in total. The van der Waals surface area contributed by atoms with E-state index in [1.54, 1.807) is 12.1 Å². The monoisotopic (exact) mass is 274 g/mol. The lowest BCUT2D eigenvalue weighted by atomic mass is 10.1. The van der Waals surface area contributed by atoms with Crippen molar-refractivity contribution in [3.05, 3.63) is 41.7 Å². The summed E-state index contributed by atoms with van der Waals surface area (Å²) in [4.78, 5) is 6.38. The van der Waals surface area contributed by atoms with Gasteiger partial charge in [0.2, 0.25) is 5.95 Å². The van der Waals surface area contributed by atoms with E-state index in [2.05, 4.69) is 21.8 Å². The minimum atomic E-state index is 0.166. The second kappa shape index (κ2) is 5.96. The van der Waals surface area contributed by atoms with Crippen molar-refractivity contribution in [2.45, 2.75) is 19.5 Å². The van der Waals surface area contributed by atoms with E-state index in [0.29, 0.717) is 5.75 Å². The number of nitrogens with one attached hydrogen (secondary N) is 1. The van der Waals surface area contributed by atoms with Gasteiger partial charge in [-0.15, -0.1) is 0 Å². The second-order valence-electron chi connectivity index (χ2n) is 5.20. The zero-order chi connectivity index (χ0) is 14.7. The van der Waals surface area contributed by atoms with Crippen LogP contribution in [0.2, 0.25) is 0 Å². The third-order valence-electron chi connectivity index (χ3n) is 3.42. The molecule has 20 heavy (non-hydrogen) atoms. The van der Waals surface area contributed by atoms with Crippen LogP contribution in [0.15, 0.2) is 30.5 Å². The van der Waals surface area contributed by atoms with Gasteiger partial charge >= 0.3 is 0 Å². The first-order valence-corrected chi connectivity index (χ1v) is 6.69.